The molecule has 4 saturated carbocycles. The van der Waals surface area contributed by atoms with E-state index in [1.165, 1.54) is 6.92 Å². The van der Waals surface area contributed by atoms with E-state index in [9.17, 15) is 51.2 Å². The van der Waals surface area contributed by atoms with Crippen molar-refractivity contribution >= 4 is 0 Å². The van der Waals surface area contributed by atoms with Crippen LogP contribution in [0.2, 0.25) is 0 Å². The van der Waals surface area contributed by atoms with Crippen LogP contribution in [0.1, 0.15) is 107 Å². The van der Waals surface area contributed by atoms with Crippen molar-refractivity contribution in [2.45, 2.75) is 198 Å². The van der Waals surface area contributed by atoms with Crippen LogP contribution in [0.4, 0.5) is 0 Å². The van der Waals surface area contributed by atoms with Crippen molar-refractivity contribution in [1.29, 1.82) is 0 Å². The van der Waals surface area contributed by atoms with E-state index in [0.29, 0.717) is 50.5 Å². The Hall–Kier alpha value is -0.860. The molecule has 330 valence electrons. The average Bonchev–Trinajstić information content (AvgIpc) is 3.52. The van der Waals surface area contributed by atoms with Gasteiger partial charge in [-0.15, -0.1) is 0 Å². The Morgan fingerprint density at radius 2 is 1.53 bits per heavy atom. The first-order chi connectivity index (χ1) is 26.4. The first kappa shape index (κ1) is 45.7. The van der Waals surface area contributed by atoms with Gasteiger partial charge < -0.3 is 64.9 Å². The summed E-state index contributed by atoms with van der Waals surface area (Å²) in [6.45, 7) is 19.0. The van der Waals surface area contributed by atoms with Crippen LogP contribution in [-0.4, -0.2) is 149 Å². The Kier molecular flexibility index (Phi) is 12.9. The van der Waals surface area contributed by atoms with Crippen molar-refractivity contribution in [2.75, 3.05) is 6.61 Å². The second-order valence-electron chi connectivity index (χ2n) is 20.4. The van der Waals surface area contributed by atoms with Crippen LogP contribution in [0, 0.1) is 45.3 Å². The number of rotatable bonds is 11. The summed E-state index contributed by atoms with van der Waals surface area (Å²) in [6.07, 6.45) is -13.3. The summed E-state index contributed by atoms with van der Waals surface area (Å²) in [5.41, 5.74) is -2.74. The molecule has 15 heteroatoms. The fourth-order valence-electron chi connectivity index (χ4n) is 13.5. The van der Waals surface area contributed by atoms with E-state index in [4.69, 9.17) is 18.9 Å². The van der Waals surface area contributed by atoms with Gasteiger partial charge in [0.15, 0.2) is 12.6 Å². The molecule has 0 aromatic rings. The van der Waals surface area contributed by atoms with E-state index in [1.54, 1.807) is 13.8 Å². The van der Waals surface area contributed by atoms with Gasteiger partial charge >= 0.3 is 0 Å². The van der Waals surface area contributed by atoms with Crippen LogP contribution in [0.15, 0.2) is 12.2 Å². The lowest BCUT2D eigenvalue weighted by atomic mass is 9.34. The van der Waals surface area contributed by atoms with Gasteiger partial charge in [0, 0.05) is 0 Å². The summed E-state index contributed by atoms with van der Waals surface area (Å²) in [5, 5.41) is 110. The first-order valence-corrected chi connectivity index (χ1v) is 21.1. The molecule has 0 radical (unpaired) electrons. The van der Waals surface area contributed by atoms with Crippen molar-refractivity contribution in [3.8, 4) is 0 Å². The van der Waals surface area contributed by atoms with Gasteiger partial charge in [0.1, 0.15) is 48.8 Å². The van der Waals surface area contributed by atoms with Gasteiger partial charge in [-0.1, -0.05) is 41.2 Å². The first-order valence-electron chi connectivity index (χ1n) is 21.1. The molecular weight excluding hydrogens is 744 g/mol. The summed E-state index contributed by atoms with van der Waals surface area (Å²) in [5.74, 6) is -0.893. The second-order valence-corrected chi connectivity index (χ2v) is 20.4. The van der Waals surface area contributed by atoms with Crippen molar-refractivity contribution in [1.82, 2.24) is 0 Å². The molecule has 22 atom stereocenters. The highest BCUT2D eigenvalue weighted by atomic mass is 17.1. The van der Waals surface area contributed by atoms with Crippen molar-refractivity contribution in [2.24, 2.45) is 45.3 Å². The molecule has 6 aliphatic rings. The highest BCUT2D eigenvalue weighted by Crippen LogP contribution is 2.76. The minimum atomic E-state index is -1.72. The standard InChI is InChI=1S/C42H72O15/c1-19(2)23(57-52)11-15-42(9,51)21-10-14-40(7)28(21)22(44)16-26-39(6)13-12-27(45)38(4,5)35(39)24(17-41(26,40)8)54-37-34(32(49)30(47)25(18-43)55-37)56-36-33(50)31(48)29(46)20(3)53-36/h20-37,43-52H,1,10-18H2,2-9H3. The number of ether oxygens (including phenoxy) is 4. The Morgan fingerprint density at radius 1 is 0.860 bits per heavy atom. The van der Waals surface area contributed by atoms with Crippen LogP contribution < -0.4 is 0 Å². The summed E-state index contributed by atoms with van der Waals surface area (Å²) < 4.78 is 25.1. The summed E-state index contributed by atoms with van der Waals surface area (Å²) in [6, 6.07) is 0. The fraction of sp³-hybridized carbons (Fsp3) is 0.952. The molecule has 6 fully saturated rings. The molecule has 0 aromatic carbocycles. The third-order valence-electron chi connectivity index (χ3n) is 16.9. The predicted molar refractivity (Wildman–Crippen MR) is 204 cm³/mol. The maximum absolute atomic E-state index is 12.3. The zero-order valence-electron chi connectivity index (χ0n) is 35.0. The quantitative estimate of drug-likeness (QED) is 0.0616. The largest absolute Gasteiger partial charge is 0.394 e. The molecule has 4 aliphatic carbocycles. The number of hydrogen-bond acceptors (Lipinski definition) is 15. The van der Waals surface area contributed by atoms with Crippen LogP contribution in [0.3, 0.4) is 0 Å². The monoisotopic (exact) mass is 816 g/mol. The molecule has 2 heterocycles. The van der Waals surface area contributed by atoms with Gasteiger partial charge in [-0.25, -0.2) is 4.89 Å². The molecule has 57 heavy (non-hydrogen) atoms. The van der Waals surface area contributed by atoms with Crippen LogP contribution in [0.5, 0.6) is 0 Å². The number of aliphatic hydroxyl groups is 9. The maximum atomic E-state index is 12.3. The third kappa shape index (κ3) is 7.39. The Morgan fingerprint density at radius 3 is 2.14 bits per heavy atom. The predicted octanol–water partition coefficient (Wildman–Crippen LogP) is 1.62. The van der Waals surface area contributed by atoms with Crippen LogP contribution >= 0.6 is 0 Å². The lowest BCUT2D eigenvalue weighted by molar-refractivity contribution is -0.382. The number of fused-ring (bicyclic) bond motifs is 5. The van der Waals surface area contributed by atoms with E-state index < -0.39 is 120 Å². The van der Waals surface area contributed by atoms with Crippen molar-refractivity contribution in [3.05, 3.63) is 12.2 Å². The van der Waals surface area contributed by atoms with Gasteiger partial charge in [-0.05, 0) is 123 Å². The maximum Gasteiger partial charge on any atom is 0.187 e. The minimum absolute atomic E-state index is 0.0192. The van der Waals surface area contributed by atoms with Gasteiger partial charge in [0.2, 0.25) is 0 Å². The third-order valence-corrected chi connectivity index (χ3v) is 16.9. The lowest BCUT2D eigenvalue weighted by Crippen LogP contribution is -2.71. The van der Waals surface area contributed by atoms with E-state index in [2.05, 4.69) is 32.2 Å². The number of hydrogen-bond donors (Lipinski definition) is 10. The van der Waals surface area contributed by atoms with E-state index in [-0.39, 0.29) is 23.7 Å². The summed E-state index contributed by atoms with van der Waals surface area (Å²) >= 11 is 0. The molecule has 0 bridgehead atoms. The van der Waals surface area contributed by atoms with Crippen molar-refractivity contribution in [3.63, 3.8) is 0 Å². The van der Waals surface area contributed by atoms with Crippen molar-refractivity contribution < 1.29 is 75.1 Å². The average molecular weight is 817 g/mol. The van der Waals surface area contributed by atoms with E-state index in [1.807, 2.05) is 13.8 Å². The Balaban J connectivity index is 1.37. The zero-order valence-corrected chi connectivity index (χ0v) is 35.0. The Bertz CT molecular complexity index is 1430. The topological polar surface area (TPSA) is 248 Å². The SMILES string of the molecule is C=C(C)C(CCC(C)(O)C1CCC2(C)C1C(O)CC1C3(C)CCC(O)C(C)(C)C3C(OC3OC(CO)C(O)C(O)C3OC3OC(C)C(O)C(O)C3O)CC12C)OO. The van der Waals surface area contributed by atoms with E-state index in [0.717, 1.165) is 6.42 Å². The lowest BCUT2D eigenvalue weighted by Gasteiger charge is -2.72. The molecule has 0 amide bonds. The zero-order chi connectivity index (χ0) is 42.4. The molecule has 6 rings (SSSR count). The molecule has 22 unspecified atom stereocenters. The highest BCUT2D eigenvalue weighted by Gasteiger charge is 2.73. The fourth-order valence-corrected chi connectivity index (χ4v) is 13.5. The smallest absolute Gasteiger partial charge is 0.187 e. The normalized spacial score (nSPS) is 52.6. The molecule has 10 N–H and O–H groups in total. The molecule has 15 nitrogen and oxygen atoms in total. The van der Waals surface area contributed by atoms with Gasteiger partial charge in [0.25, 0.3) is 0 Å². The minimum Gasteiger partial charge on any atom is -0.394 e. The molecular formula is C42H72O15. The molecule has 2 saturated heterocycles. The van der Waals surface area contributed by atoms with Gasteiger partial charge in [-0.3, -0.25) is 5.26 Å². The van der Waals surface area contributed by atoms with Crippen LogP contribution in [0.25, 0.3) is 0 Å². The Labute approximate surface area is 336 Å². The highest BCUT2D eigenvalue weighted by molar-refractivity contribution is 5.22. The summed E-state index contributed by atoms with van der Waals surface area (Å²) in [4.78, 5) is 4.66. The molecule has 0 aromatic heterocycles. The van der Waals surface area contributed by atoms with Gasteiger partial charge in [-0.2, -0.15) is 0 Å². The number of aliphatic hydroxyl groups excluding tert-OH is 8. The molecule has 0 spiro atoms. The summed E-state index contributed by atoms with van der Waals surface area (Å²) in [7, 11) is 0. The van der Waals surface area contributed by atoms with E-state index >= 15 is 0 Å². The second kappa shape index (κ2) is 16.1. The molecule has 2 aliphatic heterocycles. The van der Waals surface area contributed by atoms with Gasteiger partial charge in [0.05, 0.1) is 36.6 Å². The van der Waals surface area contributed by atoms with Crippen LogP contribution in [-0.2, 0) is 23.8 Å².